The van der Waals surface area contributed by atoms with Crippen LogP contribution in [-0.4, -0.2) is 35.0 Å². The molecular weight excluding hydrogens is 326 g/mol. The molecule has 122 valence electrons. The summed E-state index contributed by atoms with van der Waals surface area (Å²) < 4.78 is 0. The van der Waals surface area contributed by atoms with Crippen LogP contribution in [0.3, 0.4) is 0 Å². The van der Waals surface area contributed by atoms with Gasteiger partial charge in [0.05, 0.1) is 5.69 Å². The molecule has 3 rings (SSSR count). The number of nitrogens with zero attached hydrogens (tertiary/aromatic N) is 1. The number of hydrogen-bond acceptors (Lipinski definition) is 5. The first-order valence-corrected chi connectivity index (χ1v) is 9.79. The molecule has 2 N–H and O–H groups in total. The van der Waals surface area contributed by atoms with E-state index in [1.165, 1.54) is 22.5 Å². The molecule has 1 amide bonds. The van der Waals surface area contributed by atoms with Crippen molar-refractivity contribution in [2.75, 3.05) is 23.4 Å². The molecule has 1 aromatic heterocycles. The molecule has 6 heteroatoms. The highest BCUT2D eigenvalue weighted by Gasteiger charge is 2.17. The van der Waals surface area contributed by atoms with E-state index in [0.29, 0.717) is 11.6 Å². The molecular formula is C17H21N3OS2. The topological polar surface area (TPSA) is 54.0 Å². The van der Waals surface area contributed by atoms with Crippen molar-refractivity contribution in [2.24, 2.45) is 0 Å². The van der Waals surface area contributed by atoms with Gasteiger partial charge in [0, 0.05) is 41.5 Å². The minimum Gasteiger partial charge on any atom is -0.312 e. The molecule has 1 fully saturated rings. The van der Waals surface area contributed by atoms with E-state index in [4.69, 9.17) is 0 Å². The van der Waals surface area contributed by atoms with Crippen molar-refractivity contribution in [1.29, 1.82) is 0 Å². The van der Waals surface area contributed by atoms with E-state index in [-0.39, 0.29) is 11.9 Å². The van der Waals surface area contributed by atoms with Gasteiger partial charge in [-0.2, -0.15) is 11.8 Å². The van der Waals surface area contributed by atoms with Crippen molar-refractivity contribution in [1.82, 2.24) is 10.3 Å². The van der Waals surface area contributed by atoms with Crippen LogP contribution >= 0.6 is 23.1 Å². The fourth-order valence-corrected chi connectivity index (χ4v) is 4.19. The van der Waals surface area contributed by atoms with Crippen LogP contribution in [0.15, 0.2) is 23.6 Å². The fraction of sp³-hybridized carbons (Fsp3) is 0.412. The van der Waals surface area contributed by atoms with Gasteiger partial charge >= 0.3 is 0 Å². The number of carbonyl (C=O) groups is 1. The summed E-state index contributed by atoms with van der Waals surface area (Å²) in [5, 5.41) is 8.97. The Morgan fingerprint density at radius 2 is 2.26 bits per heavy atom. The Bertz CT molecular complexity index is 693. The third-order valence-electron chi connectivity index (χ3n) is 3.98. The molecule has 1 saturated heterocycles. The summed E-state index contributed by atoms with van der Waals surface area (Å²) in [6, 6.07) is 6.59. The van der Waals surface area contributed by atoms with Gasteiger partial charge in [0.25, 0.3) is 0 Å². The zero-order valence-electron chi connectivity index (χ0n) is 13.4. The summed E-state index contributed by atoms with van der Waals surface area (Å²) in [6.45, 7) is 5.18. The van der Waals surface area contributed by atoms with Crippen LogP contribution in [-0.2, 0) is 4.79 Å². The average Bonchev–Trinajstić information content (AvgIpc) is 2.99. The number of thiazole rings is 1. The van der Waals surface area contributed by atoms with E-state index >= 15 is 0 Å². The second-order valence-corrected chi connectivity index (χ2v) is 7.82. The summed E-state index contributed by atoms with van der Waals surface area (Å²) in [4.78, 5) is 16.7. The molecule has 0 bridgehead atoms. The first-order valence-electron chi connectivity index (χ1n) is 7.76. The molecule has 2 aromatic rings. The van der Waals surface area contributed by atoms with Crippen molar-refractivity contribution in [2.45, 2.75) is 26.3 Å². The maximum absolute atomic E-state index is 12.1. The van der Waals surface area contributed by atoms with Crippen LogP contribution in [0.1, 0.15) is 17.5 Å². The number of nitrogens with one attached hydrogen (secondary N) is 2. The van der Waals surface area contributed by atoms with E-state index in [1.807, 2.05) is 17.1 Å². The number of amides is 1. The Kier molecular flexibility index (Phi) is 5.35. The molecule has 1 unspecified atom stereocenters. The van der Waals surface area contributed by atoms with Gasteiger partial charge in [0.15, 0.2) is 5.13 Å². The summed E-state index contributed by atoms with van der Waals surface area (Å²) in [5.41, 5.74) is 4.53. The lowest BCUT2D eigenvalue weighted by Crippen LogP contribution is -2.39. The van der Waals surface area contributed by atoms with E-state index in [9.17, 15) is 4.79 Å². The molecule has 23 heavy (non-hydrogen) atoms. The number of aryl methyl sites for hydroxylation is 2. The van der Waals surface area contributed by atoms with Gasteiger partial charge in [0.2, 0.25) is 5.91 Å². The predicted octanol–water partition coefficient (Wildman–Crippen LogP) is 3.46. The number of carbonyl (C=O) groups excluding carboxylic acids is 1. The highest BCUT2D eigenvalue weighted by atomic mass is 32.2. The minimum atomic E-state index is 0.0333. The average molecular weight is 348 g/mol. The summed E-state index contributed by atoms with van der Waals surface area (Å²) in [5.74, 6) is 2.16. The maximum Gasteiger partial charge on any atom is 0.227 e. The van der Waals surface area contributed by atoms with Gasteiger partial charge in [-0.15, -0.1) is 11.3 Å². The standard InChI is InChI=1S/C17H21N3OS2/c1-11-3-4-13(7-12(11)2)15-10-23-17(19-15)20-16(21)8-14-9-22-6-5-18-14/h3-4,7,10,14,18H,5-6,8-9H2,1-2H3,(H,19,20,21). The highest BCUT2D eigenvalue weighted by Crippen LogP contribution is 2.26. The highest BCUT2D eigenvalue weighted by molar-refractivity contribution is 7.99. The van der Waals surface area contributed by atoms with Gasteiger partial charge in [-0.25, -0.2) is 4.98 Å². The molecule has 2 heterocycles. The Balaban J connectivity index is 1.62. The second kappa shape index (κ2) is 7.47. The van der Waals surface area contributed by atoms with Crippen LogP contribution in [0.2, 0.25) is 0 Å². The number of anilines is 1. The van der Waals surface area contributed by atoms with E-state index in [2.05, 4.69) is 47.7 Å². The predicted molar refractivity (Wildman–Crippen MR) is 99.4 cm³/mol. The van der Waals surface area contributed by atoms with Gasteiger partial charge in [-0.3, -0.25) is 4.79 Å². The summed E-state index contributed by atoms with van der Waals surface area (Å²) in [6.07, 6.45) is 0.506. The zero-order chi connectivity index (χ0) is 16.2. The van der Waals surface area contributed by atoms with Crippen molar-refractivity contribution in [3.8, 4) is 11.3 Å². The molecule has 4 nitrogen and oxygen atoms in total. The van der Waals surface area contributed by atoms with E-state index in [0.717, 1.165) is 29.3 Å². The monoisotopic (exact) mass is 347 g/mol. The van der Waals surface area contributed by atoms with E-state index in [1.54, 1.807) is 0 Å². The van der Waals surface area contributed by atoms with Crippen LogP contribution in [0.25, 0.3) is 11.3 Å². The van der Waals surface area contributed by atoms with Crippen molar-refractivity contribution in [3.05, 3.63) is 34.7 Å². The van der Waals surface area contributed by atoms with Crippen LogP contribution in [0.4, 0.5) is 5.13 Å². The first-order chi connectivity index (χ1) is 11.1. The quantitative estimate of drug-likeness (QED) is 0.889. The van der Waals surface area contributed by atoms with Crippen LogP contribution in [0, 0.1) is 13.8 Å². The van der Waals surface area contributed by atoms with Gasteiger partial charge < -0.3 is 10.6 Å². The molecule has 0 spiro atoms. The first kappa shape index (κ1) is 16.5. The minimum absolute atomic E-state index is 0.0333. The molecule has 0 aliphatic carbocycles. The number of rotatable bonds is 4. The molecule has 1 aliphatic heterocycles. The Morgan fingerprint density at radius 3 is 3.00 bits per heavy atom. The van der Waals surface area contributed by atoms with Crippen molar-refractivity contribution >= 4 is 34.1 Å². The Morgan fingerprint density at radius 1 is 1.39 bits per heavy atom. The largest absolute Gasteiger partial charge is 0.312 e. The van der Waals surface area contributed by atoms with Crippen molar-refractivity contribution < 1.29 is 4.79 Å². The van der Waals surface area contributed by atoms with Crippen molar-refractivity contribution in [3.63, 3.8) is 0 Å². The number of aromatic nitrogens is 1. The number of benzene rings is 1. The molecule has 0 saturated carbocycles. The third kappa shape index (κ3) is 4.34. The Labute approximate surface area is 145 Å². The van der Waals surface area contributed by atoms with Gasteiger partial charge in [-0.05, 0) is 31.0 Å². The number of hydrogen-bond donors (Lipinski definition) is 2. The summed E-state index contributed by atoms with van der Waals surface area (Å²) >= 11 is 3.38. The zero-order valence-corrected chi connectivity index (χ0v) is 15.0. The van der Waals surface area contributed by atoms with E-state index < -0.39 is 0 Å². The SMILES string of the molecule is Cc1ccc(-c2csc(NC(=O)CC3CSCCN3)n2)cc1C. The lowest BCUT2D eigenvalue weighted by atomic mass is 10.1. The molecule has 1 atom stereocenters. The van der Waals surface area contributed by atoms with Crippen LogP contribution < -0.4 is 10.6 Å². The lowest BCUT2D eigenvalue weighted by Gasteiger charge is -2.22. The smallest absolute Gasteiger partial charge is 0.227 e. The number of thioether (sulfide) groups is 1. The normalized spacial score (nSPS) is 17.9. The van der Waals surface area contributed by atoms with Gasteiger partial charge in [-0.1, -0.05) is 12.1 Å². The molecule has 0 radical (unpaired) electrons. The summed E-state index contributed by atoms with van der Waals surface area (Å²) in [7, 11) is 0. The fourth-order valence-electron chi connectivity index (χ4n) is 2.51. The van der Waals surface area contributed by atoms with Crippen LogP contribution in [0.5, 0.6) is 0 Å². The third-order valence-corrected chi connectivity index (χ3v) is 5.87. The molecule has 1 aromatic carbocycles. The second-order valence-electron chi connectivity index (χ2n) is 5.82. The Hall–Kier alpha value is -1.37. The van der Waals surface area contributed by atoms with Gasteiger partial charge in [0.1, 0.15) is 0 Å². The maximum atomic E-state index is 12.1. The lowest BCUT2D eigenvalue weighted by molar-refractivity contribution is -0.116. The molecule has 1 aliphatic rings.